The molecule has 27 heavy (non-hydrogen) atoms. The van der Waals surface area contributed by atoms with E-state index < -0.39 is 0 Å². The third-order valence-corrected chi connectivity index (χ3v) is 5.68. The first-order chi connectivity index (χ1) is 13.0. The Morgan fingerprint density at radius 2 is 1.85 bits per heavy atom. The molecular weight excluding hydrogens is 376 g/mol. The molecular formula is C22H17ClN2OS. The second-order valence-electron chi connectivity index (χ2n) is 6.45. The second kappa shape index (κ2) is 7.14. The maximum atomic E-state index is 13.1. The molecule has 0 saturated heterocycles. The minimum atomic E-state index is -0.147. The fourth-order valence-corrected chi connectivity index (χ4v) is 4.01. The van der Waals surface area contributed by atoms with E-state index in [1.54, 1.807) is 0 Å². The summed E-state index contributed by atoms with van der Waals surface area (Å²) in [6.45, 7) is 3.99. The van der Waals surface area contributed by atoms with E-state index in [2.05, 4.69) is 5.32 Å². The molecule has 0 saturated carbocycles. The number of para-hydroxylation sites is 1. The van der Waals surface area contributed by atoms with Crippen LogP contribution < -0.4 is 5.32 Å². The highest BCUT2D eigenvalue weighted by molar-refractivity contribution is 7.19. The van der Waals surface area contributed by atoms with Crippen LogP contribution in [0.2, 0.25) is 4.34 Å². The lowest BCUT2D eigenvalue weighted by atomic mass is 10.1. The number of pyridine rings is 1. The number of thiophene rings is 1. The fraction of sp³-hybridized carbons (Fsp3) is 0.0909. The van der Waals surface area contributed by atoms with Crippen LogP contribution in [-0.4, -0.2) is 10.9 Å². The van der Waals surface area contributed by atoms with Crippen LogP contribution in [0.5, 0.6) is 0 Å². The molecule has 2 aromatic carbocycles. The normalized spacial score (nSPS) is 10.9. The van der Waals surface area contributed by atoms with Crippen LogP contribution in [-0.2, 0) is 0 Å². The average molecular weight is 393 g/mol. The van der Waals surface area contributed by atoms with Gasteiger partial charge in [0.25, 0.3) is 5.91 Å². The molecule has 5 heteroatoms. The summed E-state index contributed by atoms with van der Waals surface area (Å²) < 4.78 is 0.696. The molecule has 0 aliphatic carbocycles. The van der Waals surface area contributed by atoms with Gasteiger partial charge in [-0.05, 0) is 55.3 Å². The first-order valence-corrected chi connectivity index (χ1v) is 9.75. The standard InChI is InChI=1S/C22H17ClN2OS/c1-13-7-8-14(2)18(11-13)25-22(26)16-12-19(20-9-10-21(23)27-20)24-17-6-4-3-5-15(16)17/h3-12H,1-2H3,(H,25,26). The first kappa shape index (κ1) is 17.7. The molecule has 3 nitrogen and oxygen atoms in total. The number of carbonyl (C=O) groups excluding carboxylic acids is 1. The maximum Gasteiger partial charge on any atom is 0.256 e. The van der Waals surface area contributed by atoms with Crippen LogP contribution in [0.4, 0.5) is 5.69 Å². The second-order valence-corrected chi connectivity index (χ2v) is 8.16. The van der Waals surface area contributed by atoms with Gasteiger partial charge in [0.15, 0.2) is 0 Å². The van der Waals surface area contributed by atoms with Crippen LogP contribution >= 0.6 is 22.9 Å². The summed E-state index contributed by atoms with van der Waals surface area (Å²) in [6.07, 6.45) is 0. The van der Waals surface area contributed by atoms with Crippen LogP contribution in [0, 0.1) is 13.8 Å². The molecule has 2 aromatic heterocycles. The Morgan fingerprint density at radius 1 is 1.04 bits per heavy atom. The van der Waals surface area contributed by atoms with E-state index in [-0.39, 0.29) is 5.91 Å². The number of halogens is 1. The Kier molecular flexibility index (Phi) is 4.68. The van der Waals surface area contributed by atoms with Crippen LogP contribution in [0.25, 0.3) is 21.5 Å². The van der Waals surface area contributed by atoms with Gasteiger partial charge in [-0.2, -0.15) is 0 Å². The van der Waals surface area contributed by atoms with Gasteiger partial charge in [0.2, 0.25) is 0 Å². The Hall–Kier alpha value is -2.69. The average Bonchev–Trinajstić information content (AvgIpc) is 3.10. The Labute approximate surface area is 166 Å². The molecule has 0 fully saturated rings. The quantitative estimate of drug-likeness (QED) is 0.433. The topological polar surface area (TPSA) is 42.0 Å². The van der Waals surface area contributed by atoms with E-state index in [0.29, 0.717) is 9.90 Å². The summed E-state index contributed by atoms with van der Waals surface area (Å²) >= 11 is 7.53. The van der Waals surface area contributed by atoms with E-state index in [1.165, 1.54) is 11.3 Å². The minimum absolute atomic E-state index is 0.147. The van der Waals surface area contributed by atoms with Gasteiger partial charge in [-0.1, -0.05) is 41.9 Å². The first-order valence-electron chi connectivity index (χ1n) is 8.55. The third kappa shape index (κ3) is 3.59. The Morgan fingerprint density at radius 3 is 2.63 bits per heavy atom. The lowest BCUT2D eigenvalue weighted by Crippen LogP contribution is -2.14. The summed E-state index contributed by atoms with van der Waals surface area (Å²) in [5.41, 5.74) is 5.08. The molecule has 0 bridgehead atoms. The van der Waals surface area contributed by atoms with Crippen molar-refractivity contribution >= 4 is 45.4 Å². The number of hydrogen-bond donors (Lipinski definition) is 1. The van der Waals surface area contributed by atoms with Gasteiger partial charge in [0.1, 0.15) is 0 Å². The summed E-state index contributed by atoms with van der Waals surface area (Å²) in [6, 6.07) is 19.3. The largest absolute Gasteiger partial charge is 0.322 e. The van der Waals surface area contributed by atoms with Crippen molar-refractivity contribution in [1.29, 1.82) is 0 Å². The molecule has 4 rings (SSSR count). The Balaban J connectivity index is 1.82. The predicted molar refractivity (Wildman–Crippen MR) is 114 cm³/mol. The van der Waals surface area contributed by atoms with Crippen LogP contribution in [0.1, 0.15) is 21.5 Å². The van der Waals surface area contributed by atoms with Gasteiger partial charge in [0.05, 0.1) is 26.0 Å². The van der Waals surface area contributed by atoms with Crippen molar-refractivity contribution < 1.29 is 4.79 Å². The van der Waals surface area contributed by atoms with Gasteiger partial charge in [-0.3, -0.25) is 4.79 Å². The number of carbonyl (C=O) groups is 1. The summed E-state index contributed by atoms with van der Waals surface area (Å²) in [7, 11) is 0. The van der Waals surface area contributed by atoms with E-state index in [9.17, 15) is 4.79 Å². The fourth-order valence-electron chi connectivity index (χ4n) is 3.00. The Bertz CT molecular complexity index is 1170. The zero-order chi connectivity index (χ0) is 19.0. The van der Waals surface area contributed by atoms with Crippen LogP contribution in [0.3, 0.4) is 0 Å². The number of nitrogens with one attached hydrogen (secondary N) is 1. The molecule has 1 amide bonds. The monoisotopic (exact) mass is 392 g/mol. The van der Waals surface area contributed by atoms with Crippen molar-refractivity contribution in [2.75, 3.05) is 5.32 Å². The lowest BCUT2D eigenvalue weighted by molar-refractivity contribution is 0.102. The highest BCUT2D eigenvalue weighted by Crippen LogP contribution is 2.32. The SMILES string of the molecule is Cc1ccc(C)c(NC(=O)c2cc(-c3ccc(Cl)s3)nc3ccccc23)c1. The predicted octanol–water partition coefficient (Wildman–Crippen LogP) is 6.49. The number of nitrogens with zero attached hydrogens (tertiary/aromatic N) is 1. The van der Waals surface area contributed by atoms with E-state index >= 15 is 0 Å². The molecule has 0 aliphatic heterocycles. The van der Waals surface area contributed by atoms with Crippen molar-refractivity contribution in [1.82, 2.24) is 4.98 Å². The number of aryl methyl sites for hydroxylation is 2. The summed E-state index contributed by atoms with van der Waals surface area (Å²) in [4.78, 5) is 18.8. The van der Waals surface area contributed by atoms with E-state index in [4.69, 9.17) is 16.6 Å². The van der Waals surface area contributed by atoms with Crippen LogP contribution in [0.15, 0.2) is 60.7 Å². The number of fused-ring (bicyclic) bond motifs is 1. The number of hydrogen-bond acceptors (Lipinski definition) is 3. The molecule has 0 unspecified atom stereocenters. The highest BCUT2D eigenvalue weighted by Gasteiger charge is 2.15. The molecule has 0 spiro atoms. The van der Waals surface area contributed by atoms with Gasteiger partial charge < -0.3 is 5.32 Å². The zero-order valence-electron chi connectivity index (χ0n) is 14.9. The van der Waals surface area contributed by atoms with Gasteiger partial charge in [0, 0.05) is 11.1 Å². The molecule has 1 N–H and O–H groups in total. The number of rotatable bonds is 3. The number of amides is 1. The smallest absolute Gasteiger partial charge is 0.256 e. The number of aromatic nitrogens is 1. The molecule has 134 valence electrons. The van der Waals surface area contributed by atoms with Crippen molar-refractivity contribution in [2.45, 2.75) is 13.8 Å². The molecule has 0 aliphatic rings. The molecule has 4 aromatic rings. The minimum Gasteiger partial charge on any atom is -0.322 e. The lowest BCUT2D eigenvalue weighted by Gasteiger charge is -2.12. The number of benzene rings is 2. The summed E-state index contributed by atoms with van der Waals surface area (Å²) in [5.74, 6) is -0.147. The van der Waals surface area contributed by atoms with Crippen molar-refractivity contribution in [3.8, 4) is 10.6 Å². The zero-order valence-corrected chi connectivity index (χ0v) is 16.5. The summed E-state index contributed by atoms with van der Waals surface area (Å²) in [5, 5.41) is 3.88. The van der Waals surface area contributed by atoms with E-state index in [0.717, 1.165) is 38.3 Å². The van der Waals surface area contributed by atoms with Gasteiger partial charge >= 0.3 is 0 Å². The molecule has 0 radical (unpaired) electrons. The van der Waals surface area contributed by atoms with E-state index in [1.807, 2.05) is 74.5 Å². The third-order valence-electron chi connectivity index (χ3n) is 4.43. The number of anilines is 1. The molecule has 0 atom stereocenters. The van der Waals surface area contributed by atoms with Gasteiger partial charge in [-0.15, -0.1) is 11.3 Å². The van der Waals surface area contributed by atoms with Crippen molar-refractivity contribution in [3.05, 3.63) is 81.7 Å². The highest BCUT2D eigenvalue weighted by atomic mass is 35.5. The maximum absolute atomic E-state index is 13.1. The van der Waals surface area contributed by atoms with Crippen molar-refractivity contribution in [3.63, 3.8) is 0 Å². The molecule has 2 heterocycles. The van der Waals surface area contributed by atoms with Crippen molar-refractivity contribution in [2.24, 2.45) is 0 Å². The van der Waals surface area contributed by atoms with Gasteiger partial charge in [-0.25, -0.2) is 4.98 Å².